The highest BCUT2D eigenvalue weighted by Gasteiger charge is 2.25. The van der Waals surface area contributed by atoms with Crippen LogP contribution in [0, 0.1) is 6.92 Å². The molecule has 2 N–H and O–H groups in total. The second-order valence-electron chi connectivity index (χ2n) is 4.87. The number of halogens is 1. The summed E-state index contributed by atoms with van der Waals surface area (Å²) in [6.07, 6.45) is 3.22. The van der Waals surface area contributed by atoms with E-state index in [1.54, 1.807) is 6.07 Å². The highest BCUT2D eigenvalue weighted by molar-refractivity contribution is 6.34. The zero-order chi connectivity index (χ0) is 13.1. The Balaban J connectivity index is 2.09. The minimum atomic E-state index is -0.439. The molecular weight excluding hydrogens is 250 g/mol. The predicted octanol–water partition coefficient (Wildman–Crippen LogP) is 2.68. The minimum Gasteiger partial charge on any atom is -0.391 e. The van der Waals surface area contributed by atoms with Gasteiger partial charge in [0, 0.05) is 0 Å². The second-order valence-corrected chi connectivity index (χ2v) is 5.25. The maximum atomic E-state index is 12.1. The summed E-state index contributed by atoms with van der Waals surface area (Å²) in [6.45, 7) is 1.87. The lowest BCUT2D eigenvalue weighted by Gasteiger charge is -2.28. The molecule has 1 fully saturated rings. The van der Waals surface area contributed by atoms with Crippen molar-refractivity contribution in [3.63, 3.8) is 0 Å². The zero-order valence-corrected chi connectivity index (χ0v) is 11.2. The lowest BCUT2D eigenvalue weighted by atomic mass is 9.92. The van der Waals surface area contributed by atoms with Crippen LogP contribution in [0.25, 0.3) is 0 Å². The number of carbonyl (C=O) groups is 1. The number of amides is 1. The maximum Gasteiger partial charge on any atom is 0.253 e. The Kier molecular flexibility index (Phi) is 4.25. The highest BCUT2D eigenvalue weighted by atomic mass is 35.5. The second kappa shape index (κ2) is 5.72. The fourth-order valence-electron chi connectivity index (χ4n) is 2.35. The number of nitrogens with one attached hydrogen (secondary N) is 1. The van der Waals surface area contributed by atoms with Gasteiger partial charge in [0.15, 0.2) is 0 Å². The largest absolute Gasteiger partial charge is 0.391 e. The fraction of sp³-hybridized carbons (Fsp3) is 0.500. The van der Waals surface area contributed by atoms with Crippen LogP contribution in [-0.2, 0) is 0 Å². The molecule has 2 atom stereocenters. The number of aliphatic hydroxyl groups excluding tert-OH is 1. The van der Waals surface area contributed by atoms with Crippen molar-refractivity contribution >= 4 is 17.5 Å². The number of carbonyl (C=O) groups excluding carboxylic acids is 1. The Hall–Kier alpha value is -1.06. The van der Waals surface area contributed by atoms with Gasteiger partial charge in [-0.05, 0) is 31.4 Å². The van der Waals surface area contributed by atoms with E-state index in [2.05, 4.69) is 5.32 Å². The molecule has 0 saturated heterocycles. The summed E-state index contributed by atoms with van der Waals surface area (Å²) in [6, 6.07) is 5.24. The summed E-state index contributed by atoms with van der Waals surface area (Å²) in [5.74, 6) is -0.199. The minimum absolute atomic E-state index is 0.150. The maximum absolute atomic E-state index is 12.1. The predicted molar refractivity (Wildman–Crippen MR) is 71.9 cm³/mol. The van der Waals surface area contributed by atoms with Crippen LogP contribution in [0.2, 0.25) is 5.02 Å². The van der Waals surface area contributed by atoms with Crippen molar-refractivity contribution in [3.8, 4) is 0 Å². The van der Waals surface area contributed by atoms with Gasteiger partial charge in [-0.25, -0.2) is 0 Å². The molecule has 18 heavy (non-hydrogen) atoms. The Morgan fingerprint density at radius 3 is 2.83 bits per heavy atom. The van der Waals surface area contributed by atoms with Gasteiger partial charge in [0.05, 0.1) is 22.7 Å². The van der Waals surface area contributed by atoms with E-state index >= 15 is 0 Å². The molecule has 98 valence electrons. The molecule has 1 aliphatic carbocycles. The molecular formula is C14H18ClNO2. The number of hydrogen-bond acceptors (Lipinski definition) is 2. The van der Waals surface area contributed by atoms with Gasteiger partial charge in [0.2, 0.25) is 0 Å². The first-order valence-corrected chi connectivity index (χ1v) is 6.71. The Morgan fingerprint density at radius 2 is 2.11 bits per heavy atom. The molecule has 4 heteroatoms. The van der Waals surface area contributed by atoms with E-state index in [0.717, 1.165) is 31.2 Å². The average Bonchev–Trinajstić information content (AvgIpc) is 2.35. The van der Waals surface area contributed by atoms with E-state index in [9.17, 15) is 9.90 Å². The number of hydrogen-bond donors (Lipinski definition) is 2. The van der Waals surface area contributed by atoms with Gasteiger partial charge < -0.3 is 10.4 Å². The van der Waals surface area contributed by atoms with Crippen LogP contribution in [-0.4, -0.2) is 23.2 Å². The first-order valence-electron chi connectivity index (χ1n) is 6.33. The average molecular weight is 268 g/mol. The van der Waals surface area contributed by atoms with Crippen LogP contribution in [0.15, 0.2) is 18.2 Å². The molecule has 0 unspecified atom stereocenters. The standard InChI is InChI=1S/C14H18ClNO2/c1-9-5-4-6-10(13(9)15)14(18)16-11-7-2-3-8-12(11)17/h4-6,11-12,17H,2-3,7-8H2,1H3,(H,16,18)/t11-,12-/m1/s1. The normalized spacial score (nSPS) is 23.7. The zero-order valence-electron chi connectivity index (χ0n) is 10.4. The van der Waals surface area contributed by atoms with E-state index in [-0.39, 0.29) is 11.9 Å². The molecule has 1 saturated carbocycles. The number of benzene rings is 1. The van der Waals surface area contributed by atoms with Crippen molar-refractivity contribution in [2.24, 2.45) is 0 Å². The fourth-order valence-corrected chi connectivity index (χ4v) is 2.56. The van der Waals surface area contributed by atoms with Crippen molar-refractivity contribution in [3.05, 3.63) is 34.3 Å². The third-order valence-electron chi connectivity index (χ3n) is 3.48. The molecule has 0 bridgehead atoms. The van der Waals surface area contributed by atoms with Gasteiger partial charge in [0.1, 0.15) is 0 Å². The molecule has 2 rings (SSSR count). The summed E-state index contributed by atoms with van der Waals surface area (Å²) in [5.41, 5.74) is 1.36. The summed E-state index contributed by atoms with van der Waals surface area (Å²) in [7, 11) is 0. The first kappa shape index (κ1) is 13.4. The van der Waals surface area contributed by atoms with Gasteiger partial charge >= 0.3 is 0 Å². The summed E-state index contributed by atoms with van der Waals surface area (Å²) in [4.78, 5) is 12.1. The van der Waals surface area contributed by atoms with Crippen molar-refractivity contribution in [1.82, 2.24) is 5.32 Å². The lowest BCUT2D eigenvalue weighted by Crippen LogP contribution is -2.45. The van der Waals surface area contributed by atoms with Crippen molar-refractivity contribution in [2.75, 3.05) is 0 Å². The third-order valence-corrected chi connectivity index (χ3v) is 3.98. The summed E-state index contributed by atoms with van der Waals surface area (Å²) in [5, 5.41) is 13.2. The van der Waals surface area contributed by atoms with Gasteiger partial charge in [-0.15, -0.1) is 0 Å². The SMILES string of the molecule is Cc1cccc(C(=O)N[C@@H]2CCCC[C@H]2O)c1Cl. The van der Waals surface area contributed by atoms with Gasteiger partial charge in [-0.1, -0.05) is 36.6 Å². The van der Waals surface area contributed by atoms with E-state index in [1.807, 2.05) is 19.1 Å². The summed E-state index contributed by atoms with van der Waals surface area (Å²) < 4.78 is 0. The molecule has 0 heterocycles. The van der Waals surface area contributed by atoms with Crippen molar-refractivity contribution in [2.45, 2.75) is 44.8 Å². The van der Waals surface area contributed by atoms with Crippen molar-refractivity contribution < 1.29 is 9.90 Å². The van der Waals surface area contributed by atoms with Crippen LogP contribution in [0.5, 0.6) is 0 Å². The van der Waals surface area contributed by atoms with Crippen molar-refractivity contribution in [1.29, 1.82) is 0 Å². The Bertz CT molecular complexity index is 447. The van der Waals surface area contributed by atoms with Crippen LogP contribution in [0.4, 0.5) is 0 Å². The molecule has 0 spiro atoms. The van der Waals surface area contributed by atoms with Crippen LogP contribution < -0.4 is 5.32 Å². The van der Waals surface area contributed by atoms with Gasteiger partial charge in [-0.2, -0.15) is 0 Å². The van der Waals surface area contributed by atoms with Crippen LogP contribution in [0.1, 0.15) is 41.6 Å². The van der Waals surface area contributed by atoms with E-state index in [0.29, 0.717) is 10.6 Å². The third kappa shape index (κ3) is 2.85. The molecule has 3 nitrogen and oxygen atoms in total. The monoisotopic (exact) mass is 267 g/mol. The number of rotatable bonds is 2. The van der Waals surface area contributed by atoms with E-state index in [1.165, 1.54) is 0 Å². The van der Waals surface area contributed by atoms with E-state index < -0.39 is 6.10 Å². The first-order chi connectivity index (χ1) is 8.59. The number of aliphatic hydroxyl groups is 1. The molecule has 1 amide bonds. The molecule has 1 aromatic carbocycles. The number of aryl methyl sites for hydroxylation is 1. The molecule has 0 aromatic heterocycles. The molecule has 1 aromatic rings. The lowest BCUT2D eigenvalue weighted by molar-refractivity contribution is 0.0717. The quantitative estimate of drug-likeness (QED) is 0.866. The topological polar surface area (TPSA) is 49.3 Å². The van der Waals surface area contributed by atoms with Gasteiger partial charge in [0.25, 0.3) is 5.91 Å². The molecule has 1 aliphatic rings. The Labute approximate surface area is 112 Å². The Morgan fingerprint density at radius 1 is 1.39 bits per heavy atom. The van der Waals surface area contributed by atoms with Gasteiger partial charge in [-0.3, -0.25) is 4.79 Å². The highest BCUT2D eigenvalue weighted by Crippen LogP contribution is 2.22. The van der Waals surface area contributed by atoms with Crippen LogP contribution in [0.3, 0.4) is 0 Å². The molecule has 0 radical (unpaired) electrons. The smallest absolute Gasteiger partial charge is 0.253 e. The molecule has 0 aliphatic heterocycles. The van der Waals surface area contributed by atoms with Crippen LogP contribution >= 0.6 is 11.6 Å². The van der Waals surface area contributed by atoms with E-state index in [4.69, 9.17) is 11.6 Å². The summed E-state index contributed by atoms with van der Waals surface area (Å²) >= 11 is 6.12.